The number of nitrogens with one attached hydrogen (secondary N) is 1. The molecule has 1 heterocycles. The molecule has 1 saturated heterocycles. The Kier molecular flexibility index (Phi) is 5.36. The Morgan fingerprint density at radius 3 is 2.83 bits per heavy atom. The molecule has 1 atom stereocenters. The van der Waals surface area contributed by atoms with Gasteiger partial charge in [0.15, 0.2) is 0 Å². The molecule has 0 bridgehead atoms. The standard InChI is InChI=1S/C18H18BrClN2O/c19-14-6-7-17(20)16(10-14)18(23)21-15-8-9-22(12-15)11-13-4-2-1-3-5-13/h1-7,10,15H,8-9,11-12H2,(H,21,23). The van der Waals surface area contributed by atoms with Gasteiger partial charge in [-0.05, 0) is 30.2 Å². The minimum Gasteiger partial charge on any atom is -0.348 e. The second-order valence-electron chi connectivity index (χ2n) is 5.80. The van der Waals surface area contributed by atoms with Crippen LogP contribution in [0.25, 0.3) is 0 Å². The average molecular weight is 394 g/mol. The summed E-state index contributed by atoms with van der Waals surface area (Å²) < 4.78 is 0.851. The lowest BCUT2D eigenvalue weighted by molar-refractivity contribution is 0.0937. The van der Waals surface area contributed by atoms with E-state index in [2.05, 4.69) is 50.4 Å². The van der Waals surface area contributed by atoms with Crippen molar-refractivity contribution >= 4 is 33.4 Å². The van der Waals surface area contributed by atoms with Crippen LogP contribution >= 0.6 is 27.5 Å². The van der Waals surface area contributed by atoms with E-state index in [-0.39, 0.29) is 11.9 Å². The molecule has 0 radical (unpaired) electrons. The normalized spacial score (nSPS) is 18.1. The molecule has 1 aliphatic heterocycles. The highest BCUT2D eigenvalue weighted by Gasteiger charge is 2.24. The first-order valence-electron chi connectivity index (χ1n) is 7.64. The summed E-state index contributed by atoms with van der Waals surface area (Å²) in [5.41, 5.74) is 1.82. The highest BCUT2D eigenvalue weighted by molar-refractivity contribution is 9.10. The molecule has 23 heavy (non-hydrogen) atoms. The van der Waals surface area contributed by atoms with Crippen LogP contribution < -0.4 is 5.32 Å². The van der Waals surface area contributed by atoms with Crippen molar-refractivity contribution in [1.29, 1.82) is 0 Å². The molecule has 5 heteroatoms. The Labute approximate surface area is 149 Å². The van der Waals surface area contributed by atoms with Gasteiger partial charge in [-0.15, -0.1) is 0 Å². The van der Waals surface area contributed by atoms with Crippen molar-refractivity contribution in [3.63, 3.8) is 0 Å². The number of hydrogen-bond donors (Lipinski definition) is 1. The van der Waals surface area contributed by atoms with Crippen molar-refractivity contribution in [3.05, 3.63) is 69.2 Å². The minimum atomic E-state index is -0.108. The molecule has 120 valence electrons. The minimum absolute atomic E-state index is 0.108. The summed E-state index contributed by atoms with van der Waals surface area (Å²) in [6.45, 7) is 2.78. The van der Waals surface area contributed by atoms with Gasteiger partial charge >= 0.3 is 0 Å². The average Bonchev–Trinajstić information content (AvgIpc) is 2.97. The zero-order valence-corrected chi connectivity index (χ0v) is 15.0. The maximum Gasteiger partial charge on any atom is 0.253 e. The molecular formula is C18H18BrClN2O. The van der Waals surface area contributed by atoms with Crippen molar-refractivity contribution in [2.75, 3.05) is 13.1 Å². The molecule has 1 fully saturated rings. The van der Waals surface area contributed by atoms with Gasteiger partial charge in [-0.1, -0.05) is 57.9 Å². The number of hydrogen-bond acceptors (Lipinski definition) is 2. The molecule has 1 N–H and O–H groups in total. The van der Waals surface area contributed by atoms with Crippen LogP contribution in [0.15, 0.2) is 53.0 Å². The van der Waals surface area contributed by atoms with E-state index in [4.69, 9.17) is 11.6 Å². The number of benzene rings is 2. The molecule has 1 amide bonds. The lowest BCUT2D eigenvalue weighted by Crippen LogP contribution is -2.37. The highest BCUT2D eigenvalue weighted by atomic mass is 79.9. The zero-order chi connectivity index (χ0) is 16.2. The molecule has 0 saturated carbocycles. The quantitative estimate of drug-likeness (QED) is 0.848. The molecule has 0 spiro atoms. The smallest absolute Gasteiger partial charge is 0.253 e. The van der Waals surface area contributed by atoms with Gasteiger partial charge in [-0.3, -0.25) is 9.69 Å². The third kappa shape index (κ3) is 4.34. The van der Waals surface area contributed by atoms with E-state index >= 15 is 0 Å². The third-order valence-corrected chi connectivity index (χ3v) is 4.85. The van der Waals surface area contributed by atoms with Crippen LogP contribution in [-0.4, -0.2) is 29.9 Å². The van der Waals surface area contributed by atoms with Gasteiger partial charge in [0.05, 0.1) is 10.6 Å². The van der Waals surface area contributed by atoms with Gasteiger partial charge in [0.25, 0.3) is 5.91 Å². The number of likely N-dealkylation sites (tertiary alicyclic amines) is 1. The number of rotatable bonds is 4. The molecule has 3 rings (SSSR count). The summed E-state index contributed by atoms with van der Waals surface area (Å²) in [5, 5.41) is 3.57. The second kappa shape index (κ2) is 7.47. The SMILES string of the molecule is O=C(NC1CCN(Cc2ccccc2)C1)c1cc(Br)ccc1Cl. The third-order valence-electron chi connectivity index (χ3n) is 4.03. The monoisotopic (exact) mass is 392 g/mol. The molecule has 2 aromatic rings. The summed E-state index contributed by atoms with van der Waals surface area (Å²) in [6, 6.07) is 15.9. The fourth-order valence-electron chi connectivity index (χ4n) is 2.87. The number of amides is 1. The number of carbonyl (C=O) groups excluding carboxylic acids is 1. The Bertz CT molecular complexity index is 693. The maximum absolute atomic E-state index is 12.4. The fourth-order valence-corrected chi connectivity index (χ4v) is 3.43. The van der Waals surface area contributed by atoms with E-state index in [1.54, 1.807) is 12.1 Å². The topological polar surface area (TPSA) is 32.3 Å². The molecule has 1 unspecified atom stereocenters. The van der Waals surface area contributed by atoms with Crippen LogP contribution in [0.5, 0.6) is 0 Å². The van der Waals surface area contributed by atoms with Gasteiger partial charge in [0.1, 0.15) is 0 Å². The van der Waals surface area contributed by atoms with E-state index in [1.807, 2.05) is 12.1 Å². The van der Waals surface area contributed by atoms with Crippen LogP contribution in [0, 0.1) is 0 Å². The Balaban J connectivity index is 1.57. The van der Waals surface area contributed by atoms with Crippen molar-refractivity contribution in [2.45, 2.75) is 19.0 Å². The summed E-state index contributed by atoms with van der Waals surface area (Å²) in [6.07, 6.45) is 0.962. The Hall–Kier alpha value is -1.36. The molecule has 2 aromatic carbocycles. The first kappa shape index (κ1) is 16.5. The summed E-state index contributed by atoms with van der Waals surface area (Å²) in [5.74, 6) is -0.108. The second-order valence-corrected chi connectivity index (χ2v) is 7.13. The van der Waals surface area contributed by atoms with Gasteiger partial charge in [0.2, 0.25) is 0 Å². The van der Waals surface area contributed by atoms with Gasteiger partial charge in [-0.2, -0.15) is 0 Å². The van der Waals surface area contributed by atoms with Crippen LogP contribution in [-0.2, 0) is 6.54 Å². The Morgan fingerprint density at radius 2 is 2.04 bits per heavy atom. The predicted molar refractivity (Wildman–Crippen MR) is 96.7 cm³/mol. The maximum atomic E-state index is 12.4. The van der Waals surface area contributed by atoms with Crippen LogP contribution in [0.1, 0.15) is 22.3 Å². The van der Waals surface area contributed by atoms with Crippen molar-refractivity contribution in [2.24, 2.45) is 0 Å². The zero-order valence-electron chi connectivity index (χ0n) is 12.6. The van der Waals surface area contributed by atoms with Crippen molar-refractivity contribution < 1.29 is 4.79 Å². The van der Waals surface area contributed by atoms with Gasteiger partial charge in [0, 0.05) is 30.1 Å². The summed E-state index contributed by atoms with van der Waals surface area (Å²) >= 11 is 9.50. The van der Waals surface area contributed by atoms with Crippen molar-refractivity contribution in [3.8, 4) is 0 Å². The van der Waals surface area contributed by atoms with Gasteiger partial charge < -0.3 is 5.32 Å². The van der Waals surface area contributed by atoms with Gasteiger partial charge in [-0.25, -0.2) is 0 Å². The summed E-state index contributed by atoms with van der Waals surface area (Å²) in [7, 11) is 0. The fraction of sp³-hybridized carbons (Fsp3) is 0.278. The van der Waals surface area contributed by atoms with Crippen LogP contribution in [0.4, 0.5) is 0 Å². The van der Waals surface area contributed by atoms with E-state index in [0.717, 1.165) is 30.5 Å². The molecule has 0 aliphatic carbocycles. The number of halogens is 2. The van der Waals surface area contributed by atoms with Crippen LogP contribution in [0.2, 0.25) is 5.02 Å². The largest absolute Gasteiger partial charge is 0.348 e. The first-order chi connectivity index (χ1) is 11.1. The molecule has 0 aromatic heterocycles. The number of carbonyl (C=O) groups is 1. The van der Waals surface area contributed by atoms with E-state index in [9.17, 15) is 4.79 Å². The lowest BCUT2D eigenvalue weighted by atomic mass is 10.2. The van der Waals surface area contributed by atoms with E-state index in [0.29, 0.717) is 10.6 Å². The first-order valence-corrected chi connectivity index (χ1v) is 8.81. The summed E-state index contributed by atoms with van der Waals surface area (Å²) in [4.78, 5) is 14.8. The van der Waals surface area contributed by atoms with Crippen LogP contribution in [0.3, 0.4) is 0 Å². The number of nitrogens with zero attached hydrogens (tertiary/aromatic N) is 1. The lowest BCUT2D eigenvalue weighted by Gasteiger charge is -2.17. The predicted octanol–water partition coefficient (Wildman–Crippen LogP) is 4.11. The molecule has 1 aliphatic rings. The van der Waals surface area contributed by atoms with E-state index < -0.39 is 0 Å². The Morgan fingerprint density at radius 1 is 1.26 bits per heavy atom. The highest BCUT2D eigenvalue weighted by Crippen LogP contribution is 2.21. The van der Waals surface area contributed by atoms with Crippen molar-refractivity contribution in [1.82, 2.24) is 10.2 Å². The molecule has 3 nitrogen and oxygen atoms in total. The van der Waals surface area contributed by atoms with E-state index in [1.165, 1.54) is 5.56 Å². The molecular weight excluding hydrogens is 376 g/mol.